The van der Waals surface area contributed by atoms with Crippen LogP contribution in [0.3, 0.4) is 0 Å². The number of nitrogens with one attached hydrogen (secondary N) is 1. The second-order valence-corrected chi connectivity index (χ2v) is 23.9. The smallest absolute Gasteiger partial charge is 0.313 e. The quantitative estimate of drug-likeness (QED) is 0.177. The zero-order chi connectivity index (χ0) is 42.2. The van der Waals surface area contributed by atoms with Crippen LogP contribution in [-0.4, -0.2) is 79.2 Å². The fourth-order valence-corrected chi connectivity index (χ4v) is 16.6. The number of aromatic nitrogens is 1. The van der Waals surface area contributed by atoms with Crippen molar-refractivity contribution in [3.8, 4) is 5.88 Å². The lowest BCUT2D eigenvalue weighted by Crippen LogP contribution is -2.68. The van der Waals surface area contributed by atoms with Crippen molar-refractivity contribution in [2.75, 3.05) is 44.3 Å². The second-order valence-electron chi connectivity index (χ2n) is 21.6. The van der Waals surface area contributed by atoms with Gasteiger partial charge < -0.3 is 24.9 Å². The lowest BCUT2D eigenvalue weighted by Gasteiger charge is -2.72. The summed E-state index contributed by atoms with van der Waals surface area (Å²) in [7, 11) is -2.88. The van der Waals surface area contributed by atoms with Crippen LogP contribution >= 0.6 is 0 Å². The summed E-state index contributed by atoms with van der Waals surface area (Å²) in [6.07, 6.45) is 17.4. The fourth-order valence-electron chi connectivity index (χ4n) is 15.3. The number of carboxylic acid groups (broad SMARTS) is 1. The van der Waals surface area contributed by atoms with E-state index in [1.165, 1.54) is 68.1 Å². The van der Waals surface area contributed by atoms with E-state index >= 15 is 0 Å². The molecule has 0 bridgehead atoms. The van der Waals surface area contributed by atoms with Crippen molar-refractivity contribution in [2.24, 2.45) is 56.7 Å². The molecule has 59 heavy (non-hydrogen) atoms. The van der Waals surface area contributed by atoms with Crippen LogP contribution in [0.5, 0.6) is 5.88 Å². The van der Waals surface area contributed by atoms with E-state index in [4.69, 9.17) is 11.3 Å². The molecule has 10 heteroatoms. The van der Waals surface area contributed by atoms with E-state index < -0.39 is 21.2 Å². The third kappa shape index (κ3) is 6.96. The second kappa shape index (κ2) is 15.1. The molecule has 1 aromatic rings. The number of hydrogen-bond acceptors (Lipinski definition) is 7. The Morgan fingerprint density at radius 3 is 2.42 bits per heavy atom. The largest absolute Gasteiger partial charge is 0.481 e. The van der Waals surface area contributed by atoms with Crippen molar-refractivity contribution >= 4 is 21.6 Å². The highest BCUT2D eigenvalue weighted by Crippen LogP contribution is 2.76. The van der Waals surface area contributed by atoms with Gasteiger partial charge in [0.2, 0.25) is 0 Å². The molecular weight excluding hydrogens is 757 g/mol. The zero-order valence-electron chi connectivity index (χ0n) is 36.7. The zero-order valence-corrected chi connectivity index (χ0v) is 37.6. The lowest BCUT2D eigenvalue weighted by atomic mass is 9.33. The fraction of sp³-hybridized carbons (Fsp3) is 0.735. The Labute approximate surface area is 354 Å². The van der Waals surface area contributed by atoms with Crippen LogP contribution in [0, 0.1) is 63.2 Å². The first-order valence-electron chi connectivity index (χ1n) is 22.8. The Hall–Kier alpha value is -3.00. The lowest BCUT2D eigenvalue weighted by molar-refractivity contribution is -0.221. The van der Waals surface area contributed by atoms with Crippen molar-refractivity contribution in [1.29, 1.82) is 0 Å². The molecule has 1 aromatic heterocycles. The number of nitrogens with zero attached hydrogens (tertiary/aromatic N) is 3. The summed E-state index contributed by atoms with van der Waals surface area (Å²) in [5.41, 5.74) is 3.86. The molecule has 1 unspecified atom stereocenters. The number of hydrogen-bond donors (Lipinski definition) is 2. The van der Waals surface area contributed by atoms with E-state index in [-0.39, 0.29) is 51.1 Å². The van der Waals surface area contributed by atoms with Crippen LogP contribution in [0.25, 0.3) is 4.85 Å². The molecule has 1 saturated heterocycles. The van der Waals surface area contributed by atoms with E-state index in [0.29, 0.717) is 67.8 Å². The molecular formula is C49H70N4O5S. The highest BCUT2D eigenvalue weighted by atomic mass is 32.2. The maximum atomic E-state index is 12.8. The Kier molecular flexibility index (Phi) is 10.9. The summed E-state index contributed by atoms with van der Waals surface area (Å²) >= 11 is 0. The molecule has 5 fully saturated rings. The molecule has 0 amide bonds. The first-order chi connectivity index (χ1) is 27.8. The van der Waals surface area contributed by atoms with Gasteiger partial charge in [0.05, 0.1) is 11.5 Å². The Morgan fingerprint density at radius 1 is 0.983 bits per heavy atom. The SMILES string of the molecule is [C-]#[N+]c1cccc(OCC2(C(=O)O)CC=C(C3=CC[C@]4(C)[C@H]5CC[C@@H]6[C@H]7[C@H](C(=C)C)CC[C@]7(NCCN7CCS(=O)(=O)CC7)CC[C@@]6(C)[C@]5(C)CC[C@H]4C3(C)C)CC2)n1. The number of ether oxygens (including phenoxy) is 1. The monoisotopic (exact) mass is 827 g/mol. The highest BCUT2D eigenvalue weighted by Gasteiger charge is 2.70. The van der Waals surface area contributed by atoms with E-state index in [0.717, 1.165) is 19.5 Å². The van der Waals surface area contributed by atoms with E-state index in [1.54, 1.807) is 18.2 Å². The molecule has 9 nitrogen and oxygen atoms in total. The molecule has 4 saturated carbocycles. The van der Waals surface area contributed by atoms with Crippen LogP contribution in [0.1, 0.15) is 119 Å². The van der Waals surface area contributed by atoms with Crippen LogP contribution in [0.4, 0.5) is 5.82 Å². The maximum Gasteiger partial charge on any atom is 0.313 e. The van der Waals surface area contributed by atoms with Gasteiger partial charge in [0, 0.05) is 37.8 Å². The van der Waals surface area contributed by atoms with E-state index in [2.05, 4.69) is 80.3 Å². The van der Waals surface area contributed by atoms with Gasteiger partial charge in [0.1, 0.15) is 12.0 Å². The summed E-state index contributed by atoms with van der Waals surface area (Å²) in [4.78, 5) is 22.7. The summed E-state index contributed by atoms with van der Waals surface area (Å²) in [5.74, 6) is 3.23. The Morgan fingerprint density at radius 2 is 1.75 bits per heavy atom. The van der Waals surface area contributed by atoms with Crippen LogP contribution in [0.2, 0.25) is 0 Å². The molecule has 6 aliphatic carbocycles. The Bertz CT molecular complexity index is 2060. The third-order valence-electron chi connectivity index (χ3n) is 18.7. The molecule has 7 aliphatic rings. The van der Waals surface area contributed by atoms with E-state index in [1.807, 2.05) is 0 Å². The van der Waals surface area contributed by atoms with Gasteiger partial charge in [-0.1, -0.05) is 76.5 Å². The minimum atomic E-state index is -2.88. The molecule has 0 spiro atoms. The first kappa shape index (κ1) is 42.7. The Balaban J connectivity index is 1.00. The minimum Gasteiger partial charge on any atom is -0.481 e. The van der Waals surface area contributed by atoms with Gasteiger partial charge in [0.15, 0.2) is 9.84 Å². The van der Waals surface area contributed by atoms with Crippen molar-refractivity contribution in [2.45, 2.75) is 124 Å². The number of fused-ring (bicyclic) bond motifs is 7. The summed E-state index contributed by atoms with van der Waals surface area (Å²) in [5, 5.41) is 14.7. The number of allylic oxidation sites excluding steroid dienone is 5. The van der Waals surface area contributed by atoms with Crippen LogP contribution in [0.15, 0.2) is 53.6 Å². The number of sulfone groups is 1. The average Bonchev–Trinajstić information content (AvgIpc) is 3.58. The normalized spacial score (nSPS) is 41.1. The van der Waals surface area contributed by atoms with Crippen molar-refractivity contribution in [3.63, 3.8) is 0 Å². The van der Waals surface area contributed by atoms with Crippen molar-refractivity contribution < 1.29 is 23.1 Å². The van der Waals surface area contributed by atoms with Gasteiger partial charge in [-0.05, 0) is 152 Å². The summed E-state index contributed by atoms with van der Waals surface area (Å²) in [6, 6.07) is 5.03. The predicted octanol–water partition coefficient (Wildman–Crippen LogP) is 9.46. The summed E-state index contributed by atoms with van der Waals surface area (Å²) in [6.45, 7) is 30.4. The molecule has 2 N–H and O–H groups in total. The summed E-state index contributed by atoms with van der Waals surface area (Å²) < 4.78 is 30.1. The number of carboxylic acids is 1. The van der Waals surface area contributed by atoms with Crippen LogP contribution < -0.4 is 10.1 Å². The van der Waals surface area contributed by atoms with Gasteiger partial charge in [0.25, 0.3) is 5.82 Å². The van der Waals surface area contributed by atoms with Gasteiger partial charge in [-0.2, -0.15) is 0 Å². The number of pyridine rings is 1. The van der Waals surface area contributed by atoms with Crippen molar-refractivity contribution in [3.05, 3.63) is 65.1 Å². The molecule has 10 atom stereocenters. The first-order valence-corrected chi connectivity index (χ1v) is 24.6. The van der Waals surface area contributed by atoms with Crippen LogP contribution in [-0.2, 0) is 14.6 Å². The molecule has 322 valence electrons. The number of carbonyl (C=O) groups is 1. The number of rotatable bonds is 10. The minimum absolute atomic E-state index is 0.0254. The molecule has 1 aliphatic heterocycles. The third-order valence-corrected chi connectivity index (χ3v) is 20.3. The van der Waals surface area contributed by atoms with Gasteiger partial charge >= 0.3 is 11.8 Å². The molecule has 0 radical (unpaired) electrons. The van der Waals surface area contributed by atoms with Gasteiger partial charge in [-0.25, -0.2) is 8.42 Å². The standard InChI is InChI=1S/C49H70N4O5S/c1-33(2)35-16-23-49(51-26-27-53-28-30-59(56,57)31-29-53)25-24-46(6)37(42(35)49)12-13-39-45(5)19-17-36(44(3,4)38(45)18-20-47(39,46)7)34-14-21-48(22-15-34,43(54)55)32-58-41-11-9-10-40(50-8)52-41/h9-11,14,17,35,37-39,42,51H,1,12-13,15-16,18-32H2,2-7H3,(H,54,55)/t35-,37+,38-,39+,42+,45-,46+,47+,48?,49-/m0/s1. The topological polar surface area (TPSA) is 113 Å². The van der Waals surface area contributed by atoms with Gasteiger partial charge in [-0.15, -0.1) is 0 Å². The molecule has 0 aromatic carbocycles. The highest BCUT2D eigenvalue weighted by molar-refractivity contribution is 7.91. The average molecular weight is 827 g/mol. The maximum absolute atomic E-state index is 12.8. The van der Waals surface area contributed by atoms with Crippen molar-refractivity contribution in [1.82, 2.24) is 15.2 Å². The predicted molar refractivity (Wildman–Crippen MR) is 234 cm³/mol. The molecule has 2 heterocycles. The molecule has 8 rings (SSSR count). The number of aliphatic carboxylic acids is 1. The van der Waals surface area contributed by atoms with E-state index in [9.17, 15) is 18.3 Å². The van der Waals surface area contributed by atoms with Gasteiger partial charge in [-0.3, -0.25) is 4.79 Å².